The number of carbonyl (C=O) groups excluding carboxylic acids is 2. The fourth-order valence-electron chi connectivity index (χ4n) is 2.30. The number of esters is 1. The highest BCUT2D eigenvalue weighted by Gasteiger charge is 2.27. The quantitative estimate of drug-likeness (QED) is 0.766. The molecule has 96 valence electrons. The van der Waals surface area contributed by atoms with Crippen molar-refractivity contribution in [1.29, 1.82) is 0 Å². The summed E-state index contributed by atoms with van der Waals surface area (Å²) in [6.45, 7) is 3.30. The lowest BCUT2D eigenvalue weighted by molar-refractivity contribution is -0.128. The van der Waals surface area contributed by atoms with Gasteiger partial charge >= 0.3 is 5.97 Å². The zero-order valence-corrected chi connectivity index (χ0v) is 10.7. The van der Waals surface area contributed by atoms with Gasteiger partial charge in [-0.2, -0.15) is 0 Å². The smallest absolute Gasteiger partial charge is 0.338 e. The molecule has 0 radical (unpaired) electrons. The summed E-state index contributed by atoms with van der Waals surface area (Å²) in [6.07, 6.45) is 0.598. The molecule has 1 saturated heterocycles. The SMILES string of the molecule is COC(=O)c1ccccc1CN1CC(C)CC1=O. The molecular weight excluding hydrogens is 230 g/mol. The number of hydrogen-bond acceptors (Lipinski definition) is 3. The van der Waals surface area contributed by atoms with Crippen LogP contribution in [0.15, 0.2) is 24.3 Å². The average Bonchev–Trinajstić information content (AvgIpc) is 2.67. The summed E-state index contributed by atoms with van der Waals surface area (Å²) in [4.78, 5) is 25.2. The highest BCUT2D eigenvalue weighted by Crippen LogP contribution is 2.21. The topological polar surface area (TPSA) is 46.6 Å². The summed E-state index contributed by atoms with van der Waals surface area (Å²) in [5.74, 6) is 0.190. The van der Waals surface area contributed by atoms with E-state index in [4.69, 9.17) is 4.74 Å². The molecule has 1 aliphatic rings. The standard InChI is InChI=1S/C14H17NO3/c1-10-7-13(16)15(8-10)9-11-5-3-4-6-12(11)14(17)18-2/h3-6,10H,7-9H2,1-2H3. The summed E-state index contributed by atoms with van der Waals surface area (Å²) in [5, 5.41) is 0. The van der Waals surface area contributed by atoms with Gasteiger partial charge in [0.25, 0.3) is 0 Å². The van der Waals surface area contributed by atoms with Crippen molar-refractivity contribution >= 4 is 11.9 Å². The lowest BCUT2D eigenvalue weighted by Gasteiger charge is -2.17. The highest BCUT2D eigenvalue weighted by atomic mass is 16.5. The molecule has 1 fully saturated rings. The van der Waals surface area contributed by atoms with E-state index >= 15 is 0 Å². The predicted octanol–water partition coefficient (Wildman–Crippen LogP) is 1.84. The number of nitrogens with zero attached hydrogens (tertiary/aromatic N) is 1. The molecule has 2 rings (SSSR count). The third-order valence-corrected chi connectivity index (χ3v) is 3.19. The molecule has 0 bridgehead atoms. The van der Waals surface area contributed by atoms with Crippen molar-refractivity contribution < 1.29 is 14.3 Å². The van der Waals surface area contributed by atoms with Crippen molar-refractivity contribution in [1.82, 2.24) is 4.90 Å². The van der Waals surface area contributed by atoms with Gasteiger partial charge in [0, 0.05) is 19.5 Å². The molecule has 0 aromatic heterocycles. The van der Waals surface area contributed by atoms with Crippen LogP contribution in [0, 0.1) is 5.92 Å². The Hall–Kier alpha value is -1.84. The minimum absolute atomic E-state index is 0.155. The largest absolute Gasteiger partial charge is 0.465 e. The first-order valence-corrected chi connectivity index (χ1v) is 6.05. The maximum atomic E-state index is 11.7. The predicted molar refractivity (Wildman–Crippen MR) is 67.0 cm³/mol. The van der Waals surface area contributed by atoms with Gasteiger partial charge < -0.3 is 9.64 Å². The summed E-state index contributed by atoms with van der Waals surface area (Å²) in [7, 11) is 1.36. The van der Waals surface area contributed by atoms with Gasteiger partial charge in [0.2, 0.25) is 5.91 Å². The molecule has 1 heterocycles. The monoisotopic (exact) mass is 247 g/mol. The highest BCUT2D eigenvalue weighted by molar-refractivity contribution is 5.91. The number of likely N-dealkylation sites (tertiary alicyclic amines) is 1. The van der Waals surface area contributed by atoms with Gasteiger partial charge in [-0.1, -0.05) is 25.1 Å². The van der Waals surface area contributed by atoms with Crippen LogP contribution in [0.2, 0.25) is 0 Å². The Morgan fingerprint density at radius 2 is 2.17 bits per heavy atom. The number of benzene rings is 1. The van der Waals surface area contributed by atoms with Gasteiger partial charge in [-0.05, 0) is 17.5 Å². The summed E-state index contributed by atoms with van der Waals surface area (Å²) >= 11 is 0. The molecule has 0 aliphatic carbocycles. The first kappa shape index (κ1) is 12.6. The lowest BCUT2D eigenvalue weighted by Crippen LogP contribution is -2.25. The number of ether oxygens (including phenoxy) is 1. The van der Waals surface area contributed by atoms with Crippen LogP contribution in [-0.2, 0) is 16.1 Å². The third-order valence-electron chi connectivity index (χ3n) is 3.19. The van der Waals surface area contributed by atoms with Crippen molar-refractivity contribution in [2.45, 2.75) is 19.9 Å². The van der Waals surface area contributed by atoms with E-state index in [0.29, 0.717) is 24.4 Å². The Labute approximate surface area is 107 Å². The van der Waals surface area contributed by atoms with Crippen LogP contribution in [0.4, 0.5) is 0 Å². The minimum atomic E-state index is -0.356. The van der Waals surface area contributed by atoms with Crippen LogP contribution in [0.1, 0.15) is 29.3 Å². The van der Waals surface area contributed by atoms with Gasteiger partial charge in [0.05, 0.1) is 12.7 Å². The molecule has 1 aromatic carbocycles. The molecule has 1 atom stereocenters. The zero-order valence-electron chi connectivity index (χ0n) is 10.7. The van der Waals surface area contributed by atoms with Crippen molar-refractivity contribution in [2.75, 3.05) is 13.7 Å². The van der Waals surface area contributed by atoms with E-state index in [0.717, 1.165) is 12.1 Å². The molecular formula is C14H17NO3. The number of hydrogen-bond donors (Lipinski definition) is 0. The first-order valence-electron chi connectivity index (χ1n) is 6.05. The van der Waals surface area contributed by atoms with E-state index in [1.165, 1.54) is 7.11 Å². The lowest BCUT2D eigenvalue weighted by atomic mass is 10.1. The van der Waals surface area contributed by atoms with Gasteiger partial charge in [-0.25, -0.2) is 4.79 Å². The van der Waals surface area contributed by atoms with Crippen LogP contribution in [0.5, 0.6) is 0 Å². The van der Waals surface area contributed by atoms with Gasteiger partial charge in [-0.15, -0.1) is 0 Å². The Morgan fingerprint density at radius 1 is 1.44 bits per heavy atom. The van der Waals surface area contributed by atoms with Crippen molar-refractivity contribution in [3.05, 3.63) is 35.4 Å². The van der Waals surface area contributed by atoms with Crippen molar-refractivity contribution in [2.24, 2.45) is 5.92 Å². The molecule has 18 heavy (non-hydrogen) atoms. The molecule has 1 aromatic rings. The van der Waals surface area contributed by atoms with Crippen LogP contribution in [-0.4, -0.2) is 30.4 Å². The van der Waals surface area contributed by atoms with E-state index in [1.807, 2.05) is 12.1 Å². The summed E-state index contributed by atoms with van der Waals surface area (Å²) in [6, 6.07) is 7.25. The summed E-state index contributed by atoms with van der Waals surface area (Å²) in [5.41, 5.74) is 1.37. The molecule has 1 amide bonds. The number of methoxy groups -OCH3 is 1. The molecule has 0 spiro atoms. The number of amides is 1. The number of carbonyl (C=O) groups is 2. The van der Waals surface area contributed by atoms with Crippen LogP contribution in [0.3, 0.4) is 0 Å². The number of rotatable bonds is 3. The van der Waals surface area contributed by atoms with E-state index in [-0.39, 0.29) is 11.9 Å². The van der Waals surface area contributed by atoms with Crippen molar-refractivity contribution in [3.8, 4) is 0 Å². The normalized spacial score (nSPS) is 19.1. The molecule has 1 aliphatic heterocycles. The second-order valence-electron chi connectivity index (χ2n) is 4.73. The van der Waals surface area contributed by atoms with Gasteiger partial charge in [0.15, 0.2) is 0 Å². The molecule has 4 nitrogen and oxygen atoms in total. The molecule has 0 saturated carbocycles. The van der Waals surface area contributed by atoms with Crippen LogP contribution in [0.25, 0.3) is 0 Å². The fraction of sp³-hybridized carbons (Fsp3) is 0.429. The maximum Gasteiger partial charge on any atom is 0.338 e. The third kappa shape index (κ3) is 2.53. The maximum absolute atomic E-state index is 11.7. The first-order chi connectivity index (χ1) is 8.61. The van der Waals surface area contributed by atoms with E-state index in [2.05, 4.69) is 6.92 Å². The van der Waals surface area contributed by atoms with Crippen LogP contribution >= 0.6 is 0 Å². The molecule has 1 unspecified atom stereocenters. The average molecular weight is 247 g/mol. The second-order valence-corrected chi connectivity index (χ2v) is 4.73. The van der Waals surface area contributed by atoms with Crippen molar-refractivity contribution in [3.63, 3.8) is 0 Å². The van der Waals surface area contributed by atoms with Gasteiger partial charge in [-0.3, -0.25) is 4.79 Å². The second kappa shape index (κ2) is 5.21. The Bertz CT molecular complexity index is 470. The zero-order chi connectivity index (χ0) is 13.1. The minimum Gasteiger partial charge on any atom is -0.465 e. The Balaban J connectivity index is 2.19. The van der Waals surface area contributed by atoms with E-state index in [1.54, 1.807) is 17.0 Å². The fourth-order valence-corrected chi connectivity index (χ4v) is 2.30. The van der Waals surface area contributed by atoms with Crippen LogP contribution < -0.4 is 0 Å². The molecule has 4 heteroatoms. The Morgan fingerprint density at radius 3 is 2.78 bits per heavy atom. The van der Waals surface area contributed by atoms with E-state index < -0.39 is 0 Å². The van der Waals surface area contributed by atoms with E-state index in [9.17, 15) is 9.59 Å². The summed E-state index contributed by atoms with van der Waals surface area (Å²) < 4.78 is 4.75. The van der Waals surface area contributed by atoms with Gasteiger partial charge in [0.1, 0.15) is 0 Å². The Kier molecular flexibility index (Phi) is 3.65. The molecule has 0 N–H and O–H groups in total.